The fourth-order valence-electron chi connectivity index (χ4n) is 3.82. The van der Waals surface area contributed by atoms with Crippen molar-refractivity contribution in [3.63, 3.8) is 0 Å². The Morgan fingerprint density at radius 3 is 2.73 bits per heavy atom. The molecule has 170 valence electrons. The van der Waals surface area contributed by atoms with E-state index in [9.17, 15) is 4.79 Å². The third-order valence-electron chi connectivity index (χ3n) is 5.74. The Morgan fingerprint density at radius 1 is 1.09 bits per heavy atom. The highest BCUT2D eigenvalue weighted by atomic mass is 16.5. The molecule has 1 unspecified atom stereocenters. The minimum Gasteiger partial charge on any atom is -0.493 e. The zero-order valence-electron chi connectivity index (χ0n) is 18.9. The summed E-state index contributed by atoms with van der Waals surface area (Å²) in [5.41, 5.74) is 10.1. The Hall–Kier alpha value is -3.87. The summed E-state index contributed by atoms with van der Waals surface area (Å²) in [6.07, 6.45) is 3.47. The van der Waals surface area contributed by atoms with Gasteiger partial charge < -0.3 is 19.8 Å². The molecule has 33 heavy (non-hydrogen) atoms. The number of anilines is 1. The van der Waals surface area contributed by atoms with Crippen LogP contribution in [0.5, 0.6) is 5.75 Å². The number of nitrogens with two attached hydrogens (primary N) is 1. The van der Waals surface area contributed by atoms with E-state index >= 15 is 0 Å². The number of para-hydroxylation sites is 3. The highest BCUT2D eigenvalue weighted by Gasteiger charge is 2.13. The number of aryl methyl sites for hydroxylation is 1. The summed E-state index contributed by atoms with van der Waals surface area (Å²) < 4.78 is 13.0. The maximum absolute atomic E-state index is 11.9. The molecule has 4 aromatic rings. The van der Waals surface area contributed by atoms with Crippen LogP contribution in [-0.4, -0.2) is 34.2 Å². The van der Waals surface area contributed by atoms with Crippen molar-refractivity contribution in [2.75, 3.05) is 19.5 Å². The number of nitrogens with zero attached hydrogens (tertiary/aromatic N) is 3. The highest BCUT2D eigenvalue weighted by Crippen LogP contribution is 2.29. The number of rotatable bonds is 9. The van der Waals surface area contributed by atoms with Crippen molar-refractivity contribution in [3.8, 4) is 17.0 Å². The summed E-state index contributed by atoms with van der Waals surface area (Å²) in [5, 5.41) is 0. The van der Waals surface area contributed by atoms with Gasteiger partial charge in [0.05, 0.1) is 36.0 Å². The highest BCUT2D eigenvalue weighted by molar-refractivity contribution is 5.90. The summed E-state index contributed by atoms with van der Waals surface area (Å²) in [6, 6.07) is 19.1. The third-order valence-corrected chi connectivity index (χ3v) is 5.74. The zero-order chi connectivity index (χ0) is 23.2. The molecular formula is C26H28N4O3. The van der Waals surface area contributed by atoms with Crippen LogP contribution in [0, 0.1) is 5.92 Å². The zero-order valence-corrected chi connectivity index (χ0v) is 18.9. The first kappa shape index (κ1) is 22.3. The molecular weight excluding hydrogens is 416 g/mol. The van der Waals surface area contributed by atoms with Crippen molar-refractivity contribution in [2.24, 2.45) is 5.92 Å². The standard InChI is InChI=1S/C26H28N4O3/c1-18(12-15-30-23-9-5-4-8-21(23)29-26(30)27)13-16-33-24-10-6-3-7-20(24)22-17-19(11-14-28-22)25(31)32-2/h3-11,14,17-18H,12-13,15-16H2,1-2H3,(H2,27,29). The van der Waals surface area contributed by atoms with Crippen LogP contribution in [0.3, 0.4) is 0 Å². The van der Waals surface area contributed by atoms with E-state index in [4.69, 9.17) is 15.2 Å². The molecule has 2 heterocycles. The molecule has 0 aliphatic heterocycles. The first-order chi connectivity index (χ1) is 16.1. The molecule has 0 radical (unpaired) electrons. The average Bonchev–Trinajstić information content (AvgIpc) is 3.17. The van der Waals surface area contributed by atoms with Crippen LogP contribution in [0.15, 0.2) is 66.9 Å². The lowest BCUT2D eigenvalue weighted by Gasteiger charge is -2.15. The monoisotopic (exact) mass is 444 g/mol. The second-order valence-corrected chi connectivity index (χ2v) is 8.06. The number of hydrogen-bond acceptors (Lipinski definition) is 6. The van der Waals surface area contributed by atoms with Gasteiger partial charge in [-0.15, -0.1) is 0 Å². The Morgan fingerprint density at radius 2 is 1.88 bits per heavy atom. The molecule has 4 rings (SSSR count). The number of hydrogen-bond donors (Lipinski definition) is 1. The molecule has 0 bridgehead atoms. The SMILES string of the molecule is COC(=O)c1ccnc(-c2ccccc2OCCC(C)CCn2c(N)nc3ccccc32)c1. The van der Waals surface area contributed by atoms with E-state index in [2.05, 4.69) is 21.5 Å². The van der Waals surface area contributed by atoms with Crippen LogP contribution in [0.1, 0.15) is 30.1 Å². The van der Waals surface area contributed by atoms with E-state index in [0.717, 1.165) is 41.7 Å². The lowest BCUT2D eigenvalue weighted by molar-refractivity contribution is 0.0600. The fraction of sp³-hybridized carbons (Fsp3) is 0.269. The largest absolute Gasteiger partial charge is 0.493 e. The molecule has 0 saturated heterocycles. The van der Waals surface area contributed by atoms with Crippen molar-refractivity contribution in [1.82, 2.24) is 14.5 Å². The maximum atomic E-state index is 11.9. The van der Waals surface area contributed by atoms with Gasteiger partial charge in [-0.2, -0.15) is 0 Å². The summed E-state index contributed by atoms with van der Waals surface area (Å²) in [4.78, 5) is 20.7. The van der Waals surface area contributed by atoms with Crippen molar-refractivity contribution in [3.05, 3.63) is 72.4 Å². The number of pyridine rings is 1. The number of esters is 1. The summed E-state index contributed by atoms with van der Waals surface area (Å²) >= 11 is 0. The number of ether oxygens (including phenoxy) is 2. The summed E-state index contributed by atoms with van der Waals surface area (Å²) in [7, 11) is 1.37. The Kier molecular flexibility index (Phi) is 6.88. The van der Waals surface area contributed by atoms with Gasteiger partial charge in [-0.05, 0) is 55.2 Å². The molecule has 7 nitrogen and oxygen atoms in total. The molecule has 1 atom stereocenters. The maximum Gasteiger partial charge on any atom is 0.337 e. The van der Waals surface area contributed by atoms with Gasteiger partial charge in [-0.1, -0.05) is 31.2 Å². The van der Waals surface area contributed by atoms with E-state index in [1.165, 1.54) is 7.11 Å². The van der Waals surface area contributed by atoms with Crippen LogP contribution in [-0.2, 0) is 11.3 Å². The van der Waals surface area contributed by atoms with E-state index in [0.29, 0.717) is 29.7 Å². The van der Waals surface area contributed by atoms with Gasteiger partial charge in [0.1, 0.15) is 5.75 Å². The molecule has 0 aliphatic rings. The molecule has 0 fully saturated rings. The first-order valence-corrected chi connectivity index (χ1v) is 11.0. The van der Waals surface area contributed by atoms with Gasteiger partial charge in [0.15, 0.2) is 0 Å². The van der Waals surface area contributed by atoms with E-state index in [1.54, 1.807) is 18.3 Å². The van der Waals surface area contributed by atoms with Crippen molar-refractivity contribution in [1.29, 1.82) is 0 Å². The predicted molar refractivity (Wildman–Crippen MR) is 129 cm³/mol. The quantitative estimate of drug-likeness (QED) is 0.367. The van der Waals surface area contributed by atoms with Gasteiger partial charge in [0.2, 0.25) is 5.95 Å². The second kappa shape index (κ2) is 10.2. The third kappa shape index (κ3) is 5.14. The Bertz CT molecular complexity index is 1250. The number of fused-ring (bicyclic) bond motifs is 1. The number of methoxy groups -OCH3 is 1. The fourth-order valence-corrected chi connectivity index (χ4v) is 3.82. The van der Waals surface area contributed by atoms with Gasteiger partial charge in [-0.3, -0.25) is 4.98 Å². The molecule has 7 heteroatoms. The summed E-state index contributed by atoms with van der Waals surface area (Å²) in [6.45, 7) is 3.61. The second-order valence-electron chi connectivity index (χ2n) is 8.06. The van der Waals surface area contributed by atoms with Crippen LogP contribution in [0.2, 0.25) is 0 Å². The van der Waals surface area contributed by atoms with Crippen molar-refractivity contribution >= 4 is 23.0 Å². The van der Waals surface area contributed by atoms with Crippen LogP contribution in [0.4, 0.5) is 5.95 Å². The topological polar surface area (TPSA) is 92.3 Å². The van der Waals surface area contributed by atoms with Gasteiger partial charge in [0.25, 0.3) is 0 Å². The van der Waals surface area contributed by atoms with Crippen LogP contribution >= 0.6 is 0 Å². The number of benzene rings is 2. The number of carbonyl (C=O) groups is 1. The molecule has 2 N–H and O–H groups in total. The van der Waals surface area contributed by atoms with Crippen molar-refractivity contribution in [2.45, 2.75) is 26.3 Å². The van der Waals surface area contributed by atoms with E-state index in [1.807, 2.05) is 48.5 Å². The number of aromatic nitrogens is 3. The Balaban J connectivity index is 1.36. The molecule has 0 spiro atoms. The van der Waals surface area contributed by atoms with E-state index in [-0.39, 0.29) is 0 Å². The molecule has 0 aliphatic carbocycles. The number of carbonyl (C=O) groups excluding carboxylic acids is 1. The smallest absolute Gasteiger partial charge is 0.337 e. The number of nitrogen functional groups attached to an aromatic ring is 1. The van der Waals surface area contributed by atoms with Crippen LogP contribution in [0.25, 0.3) is 22.3 Å². The van der Waals surface area contributed by atoms with Crippen molar-refractivity contribution < 1.29 is 14.3 Å². The van der Waals surface area contributed by atoms with Crippen LogP contribution < -0.4 is 10.5 Å². The molecule has 0 saturated carbocycles. The van der Waals surface area contributed by atoms with Gasteiger partial charge in [-0.25, -0.2) is 9.78 Å². The summed E-state index contributed by atoms with van der Waals surface area (Å²) in [5.74, 6) is 1.34. The van der Waals surface area contributed by atoms with Gasteiger partial charge in [0, 0.05) is 18.3 Å². The molecule has 2 aromatic carbocycles. The molecule has 2 aromatic heterocycles. The lowest BCUT2D eigenvalue weighted by Crippen LogP contribution is -2.10. The number of imidazole rings is 1. The normalized spacial score (nSPS) is 11.9. The lowest BCUT2D eigenvalue weighted by atomic mass is 10.0. The predicted octanol–water partition coefficient (Wildman–Crippen LogP) is 4.96. The minimum absolute atomic E-state index is 0.391. The van der Waals surface area contributed by atoms with E-state index < -0.39 is 5.97 Å². The average molecular weight is 445 g/mol. The minimum atomic E-state index is -0.391. The molecule has 0 amide bonds. The first-order valence-electron chi connectivity index (χ1n) is 11.0. The Labute approximate surface area is 193 Å². The van der Waals surface area contributed by atoms with Gasteiger partial charge >= 0.3 is 5.97 Å².